The molecule has 3 rings (SSSR count). The van der Waals surface area contributed by atoms with E-state index >= 15 is 0 Å². The van der Waals surface area contributed by atoms with Crippen LogP contribution in [0.15, 0.2) is 24.3 Å². The third-order valence-electron chi connectivity index (χ3n) is 5.09. The van der Waals surface area contributed by atoms with E-state index in [-0.39, 0.29) is 23.5 Å². The SMILES string of the molecule is CCN(C(=O)C1(C(=O)Nc2cccc(C#N)c2)CC1)C1CCS(=O)(=O)C1. The van der Waals surface area contributed by atoms with Gasteiger partial charge in [-0.3, -0.25) is 9.59 Å². The number of hydrogen-bond donors (Lipinski definition) is 1. The second-order valence-electron chi connectivity index (χ2n) is 6.88. The number of amides is 2. The van der Waals surface area contributed by atoms with Crippen molar-refractivity contribution < 1.29 is 18.0 Å². The zero-order valence-electron chi connectivity index (χ0n) is 14.6. The fourth-order valence-corrected chi connectivity index (χ4v) is 5.17. The number of carbonyl (C=O) groups excluding carboxylic acids is 2. The number of carbonyl (C=O) groups is 2. The molecule has 1 heterocycles. The molecular weight excluding hydrogens is 354 g/mol. The molecule has 1 saturated carbocycles. The van der Waals surface area contributed by atoms with Crippen LogP contribution in [0.25, 0.3) is 0 Å². The van der Waals surface area contributed by atoms with Crippen molar-refractivity contribution >= 4 is 27.3 Å². The third-order valence-corrected chi connectivity index (χ3v) is 6.84. The maximum absolute atomic E-state index is 13.0. The van der Waals surface area contributed by atoms with E-state index in [0.717, 1.165) is 0 Å². The zero-order chi connectivity index (χ0) is 18.9. The summed E-state index contributed by atoms with van der Waals surface area (Å²) in [6.07, 6.45) is 1.32. The molecule has 26 heavy (non-hydrogen) atoms. The molecule has 0 radical (unpaired) electrons. The Morgan fingerprint density at radius 3 is 2.65 bits per heavy atom. The van der Waals surface area contributed by atoms with Crippen LogP contribution in [0.3, 0.4) is 0 Å². The molecule has 0 aromatic heterocycles. The number of rotatable bonds is 5. The van der Waals surface area contributed by atoms with E-state index < -0.39 is 21.2 Å². The van der Waals surface area contributed by atoms with Gasteiger partial charge in [0.2, 0.25) is 11.8 Å². The molecule has 1 saturated heterocycles. The Labute approximate surface area is 152 Å². The Hall–Kier alpha value is -2.40. The van der Waals surface area contributed by atoms with E-state index in [2.05, 4.69) is 5.32 Å². The van der Waals surface area contributed by atoms with Gasteiger partial charge in [-0.1, -0.05) is 6.07 Å². The zero-order valence-corrected chi connectivity index (χ0v) is 15.4. The number of sulfone groups is 1. The smallest absolute Gasteiger partial charge is 0.240 e. The van der Waals surface area contributed by atoms with Gasteiger partial charge in [-0.2, -0.15) is 5.26 Å². The van der Waals surface area contributed by atoms with Crippen LogP contribution in [-0.2, 0) is 19.4 Å². The largest absolute Gasteiger partial charge is 0.338 e. The van der Waals surface area contributed by atoms with Gasteiger partial charge in [0, 0.05) is 18.3 Å². The molecule has 2 fully saturated rings. The highest BCUT2D eigenvalue weighted by Crippen LogP contribution is 2.48. The van der Waals surface area contributed by atoms with E-state index in [1.165, 1.54) is 0 Å². The quantitative estimate of drug-likeness (QED) is 0.781. The maximum atomic E-state index is 13.0. The normalized spacial score (nSPS) is 22.2. The molecule has 2 amide bonds. The molecule has 1 atom stereocenters. The van der Waals surface area contributed by atoms with Crippen molar-refractivity contribution in [1.29, 1.82) is 5.26 Å². The van der Waals surface area contributed by atoms with E-state index in [4.69, 9.17) is 5.26 Å². The van der Waals surface area contributed by atoms with Crippen LogP contribution < -0.4 is 5.32 Å². The molecule has 1 aromatic rings. The standard InChI is InChI=1S/C18H21N3O4S/c1-2-21(15-6-9-26(24,25)12-15)17(23)18(7-8-18)16(22)20-14-5-3-4-13(10-14)11-19/h3-5,10,15H,2,6-9,12H2,1H3,(H,20,22). The van der Waals surface area contributed by atoms with Gasteiger partial charge in [-0.25, -0.2) is 8.42 Å². The predicted molar refractivity (Wildman–Crippen MR) is 95.9 cm³/mol. The molecule has 1 unspecified atom stereocenters. The third kappa shape index (κ3) is 3.44. The summed E-state index contributed by atoms with van der Waals surface area (Å²) in [5, 5.41) is 11.7. The topological polar surface area (TPSA) is 107 Å². The number of anilines is 1. The lowest BCUT2D eigenvalue weighted by atomic mass is 10.0. The summed E-state index contributed by atoms with van der Waals surface area (Å²) in [6.45, 7) is 2.17. The van der Waals surface area contributed by atoms with Crippen LogP contribution in [-0.4, -0.2) is 49.2 Å². The van der Waals surface area contributed by atoms with Gasteiger partial charge in [-0.05, 0) is 44.4 Å². The van der Waals surface area contributed by atoms with Gasteiger partial charge in [-0.15, -0.1) is 0 Å². The summed E-state index contributed by atoms with van der Waals surface area (Å²) >= 11 is 0. The first-order valence-electron chi connectivity index (χ1n) is 8.64. The summed E-state index contributed by atoms with van der Waals surface area (Å²) in [5.74, 6) is -0.635. The minimum absolute atomic E-state index is 0.0332. The van der Waals surface area contributed by atoms with Gasteiger partial charge in [0.1, 0.15) is 5.41 Å². The highest BCUT2D eigenvalue weighted by molar-refractivity contribution is 7.91. The Morgan fingerprint density at radius 2 is 2.12 bits per heavy atom. The number of nitrogens with one attached hydrogen (secondary N) is 1. The number of benzene rings is 1. The van der Waals surface area contributed by atoms with E-state index in [9.17, 15) is 18.0 Å². The number of hydrogen-bond acceptors (Lipinski definition) is 5. The van der Waals surface area contributed by atoms with Crippen molar-refractivity contribution in [2.45, 2.75) is 32.2 Å². The molecule has 0 bridgehead atoms. The molecule has 1 aliphatic carbocycles. The average molecular weight is 375 g/mol. The fourth-order valence-electron chi connectivity index (χ4n) is 3.44. The minimum Gasteiger partial charge on any atom is -0.338 e. The Morgan fingerprint density at radius 1 is 1.38 bits per heavy atom. The van der Waals surface area contributed by atoms with Crippen molar-refractivity contribution in [3.05, 3.63) is 29.8 Å². The first-order chi connectivity index (χ1) is 12.3. The Kier molecular flexibility index (Phi) is 4.76. The van der Waals surface area contributed by atoms with Crippen LogP contribution in [0.2, 0.25) is 0 Å². The Bertz CT molecular complexity index is 884. The monoisotopic (exact) mass is 375 g/mol. The first kappa shape index (κ1) is 18.4. The van der Waals surface area contributed by atoms with Crippen LogP contribution in [0.4, 0.5) is 5.69 Å². The minimum atomic E-state index is -3.11. The van der Waals surface area contributed by atoms with Gasteiger partial charge in [0.15, 0.2) is 9.84 Å². The maximum Gasteiger partial charge on any atom is 0.240 e. The molecule has 1 aromatic carbocycles. The summed E-state index contributed by atoms with van der Waals surface area (Å²) in [5.41, 5.74) is -0.227. The summed E-state index contributed by atoms with van der Waals surface area (Å²) < 4.78 is 23.5. The number of nitrogens with zero attached hydrogens (tertiary/aromatic N) is 2. The summed E-state index contributed by atoms with van der Waals surface area (Å²) in [7, 11) is -3.11. The van der Waals surface area contributed by atoms with E-state index in [0.29, 0.717) is 37.1 Å². The molecule has 0 spiro atoms. The lowest BCUT2D eigenvalue weighted by Crippen LogP contribution is -2.48. The van der Waals surface area contributed by atoms with Gasteiger partial charge in [0.25, 0.3) is 0 Å². The molecule has 138 valence electrons. The fraction of sp³-hybridized carbons (Fsp3) is 0.500. The van der Waals surface area contributed by atoms with Crippen molar-refractivity contribution in [1.82, 2.24) is 4.90 Å². The van der Waals surface area contributed by atoms with E-state index in [1.807, 2.05) is 6.07 Å². The van der Waals surface area contributed by atoms with Crippen molar-refractivity contribution in [2.75, 3.05) is 23.4 Å². The summed E-state index contributed by atoms with van der Waals surface area (Å²) in [6, 6.07) is 8.17. The van der Waals surface area contributed by atoms with Gasteiger partial charge in [0.05, 0.1) is 23.1 Å². The molecular formula is C18H21N3O4S. The lowest BCUT2D eigenvalue weighted by molar-refractivity contribution is -0.143. The molecule has 7 nitrogen and oxygen atoms in total. The van der Waals surface area contributed by atoms with Crippen LogP contribution >= 0.6 is 0 Å². The first-order valence-corrected chi connectivity index (χ1v) is 10.5. The highest BCUT2D eigenvalue weighted by Gasteiger charge is 2.58. The van der Waals surface area contributed by atoms with Crippen LogP contribution in [0.5, 0.6) is 0 Å². The average Bonchev–Trinajstić information content (AvgIpc) is 3.35. The van der Waals surface area contributed by atoms with E-state index in [1.54, 1.807) is 36.1 Å². The van der Waals surface area contributed by atoms with Crippen molar-refractivity contribution in [3.8, 4) is 6.07 Å². The molecule has 1 N–H and O–H groups in total. The van der Waals surface area contributed by atoms with Crippen molar-refractivity contribution in [3.63, 3.8) is 0 Å². The van der Waals surface area contributed by atoms with Gasteiger partial charge >= 0.3 is 0 Å². The number of nitriles is 1. The molecule has 2 aliphatic rings. The van der Waals surface area contributed by atoms with Crippen molar-refractivity contribution in [2.24, 2.45) is 5.41 Å². The van der Waals surface area contributed by atoms with Crippen LogP contribution in [0, 0.1) is 16.7 Å². The predicted octanol–water partition coefficient (Wildman–Crippen LogP) is 1.31. The second kappa shape index (κ2) is 6.72. The molecule has 8 heteroatoms. The highest BCUT2D eigenvalue weighted by atomic mass is 32.2. The summed E-state index contributed by atoms with van der Waals surface area (Å²) in [4.78, 5) is 27.3. The second-order valence-corrected chi connectivity index (χ2v) is 9.11. The Balaban J connectivity index is 1.75. The van der Waals surface area contributed by atoms with Gasteiger partial charge < -0.3 is 10.2 Å². The molecule has 1 aliphatic heterocycles. The lowest BCUT2D eigenvalue weighted by Gasteiger charge is -2.30. The van der Waals surface area contributed by atoms with Crippen LogP contribution in [0.1, 0.15) is 31.7 Å².